The van der Waals surface area contributed by atoms with Crippen LogP contribution in [-0.4, -0.2) is 23.1 Å². The normalized spacial score (nSPS) is 55.5. The van der Waals surface area contributed by atoms with Gasteiger partial charge < -0.3 is 9.84 Å². The van der Waals surface area contributed by atoms with Crippen molar-refractivity contribution < 1.29 is 19.4 Å². The van der Waals surface area contributed by atoms with Gasteiger partial charge in [-0.1, -0.05) is 12.2 Å². The van der Waals surface area contributed by atoms with E-state index in [9.17, 15) is 14.7 Å². The number of carboxylic acid groups (broad SMARTS) is 1. The number of allylic oxidation sites excluding steroid dienone is 2. The largest absolute Gasteiger partial charge is 0.481 e. The number of carbonyl (C=O) groups excluding carboxylic acids is 1. The van der Waals surface area contributed by atoms with Gasteiger partial charge in [-0.3, -0.25) is 9.59 Å². The molecule has 1 heterocycles. The van der Waals surface area contributed by atoms with E-state index in [1.807, 2.05) is 6.08 Å². The maximum Gasteiger partial charge on any atom is 0.310 e. The quantitative estimate of drug-likeness (QED) is 0.521. The summed E-state index contributed by atoms with van der Waals surface area (Å²) >= 11 is 0. The Morgan fingerprint density at radius 2 is 2.19 bits per heavy atom. The van der Waals surface area contributed by atoms with E-state index in [1.165, 1.54) is 0 Å². The average Bonchev–Trinajstić information content (AvgIpc) is 2.84. The molecule has 1 aliphatic heterocycles. The fourth-order valence-corrected chi connectivity index (χ4v) is 4.55. The lowest BCUT2D eigenvalue weighted by Crippen LogP contribution is -2.28. The number of hydrogen-bond acceptors (Lipinski definition) is 3. The molecule has 0 radical (unpaired) electrons. The summed E-state index contributed by atoms with van der Waals surface area (Å²) in [5, 5.41) is 9.28. The molecule has 4 heteroatoms. The number of rotatable bonds is 1. The van der Waals surface area contributed by atoms with E-state index in [1.54, 1.807) is 0 Å². The van der Waals surface area contributed by atoms with Gasteiger partial charge in [-0.2, -0.15) is 0 Å². The molecule has 1 N–H and O–H groups in total. The molecule has 0 amide bonds. The summed E-state index contributed by atoms with van der Waals surface area (Å²) in [4.78, 5) is 23.0. The minimum Gasteiger partial charge on any atom is -0.481 e. The molecular formula is C12H12O4. The topological polar surface area (TPSA) is 63.6 Å². The Bertz CT molecular complexity index is 427. The first-order valence-corrected chi connectivity index (χ1v) is 5.80. The number of carboxylic acids is 1. The Morgan fingerprint density at radius 1 is 1.38 bits per heavy atom. The van der Waals surface area contributed by atoms with Crippen molar-refractivity contribution in [3.63, 3.8) is 0 Å². The molecule has 16 heavy (non-hydrogen) atoms. The second-order valence-electron chi connectivity index (χ2n) is 5.38. The predicted molar refractivity (Wildman–Crippen MR) is 52.2 cm³/mol. The molecule has 0 spiro atoms. The summed E-state index contributed by atoms with van der Waals surface area (Å²) in [5.74, 6) is -1.02. The zero-order chi connectivity index (χ0) is 11.0. The van der Waals surface area contributed by atoms with E-state index in [-0.39, 0.29) is 29.8 Å². The van der Waals surface area contributed by atoms with Crippen molar-refractivity contribution in [2.45, 2.75) is 12.5 Å². The molecule has 0 aromatic carbocycles. The van der Waals surface area contributed by atoms with E-state index in [0.717, 1.165) is 6.42 Å². The van der Waals surface area contributed by atoms with Crippen molar-refractivity contribution in [3.8, 4) is 0 Å². The Balaban J connectivity index is 1.85. The van der Waals surface area contributed by atoms with E-state index < -0.39 is 11.9 Å². The molecule has 4 nitrogen and oxygen atoms in total. The summed E-state index contributed by atoms with van der Waals surface area (Å²) in [6.07, 6.45) is 5.05. The van der Waals surface area contributed by atoms with E-state index in [2.05, 4.69) is 6.08 Å². The minimum absolute atomic E-state index is 0.00991. The summed E-state index contributed by atoms with van der Waals surface area (Å²) in [5.41, 5.74) is 0. The van der Waals surface area contributed by atoms with Crippen LogP contribution >= 0.6 is 0 Å². The van der Waals surface area contributed by atoms with Gasteiger partial charge in [-0.25, -0.2) is 0 Å². The van der Waals surface area contributed by atoms with E-state index in [4.69, 9.17) is 4.74 Å². The lowest BCUT2D eigenvalue weighted by atomic mass is 9.87. The molecule has 4 rings (SSSR count). The highest BCUT2D eigenvalue weighted by atomic mass is 16.6. The van der Waals surface area contributed by atoms with Crippen LogP contribution in [0.3, 0.4) is 0 Å². The monoisotopic (exact) mass is 220 g/mol. The maximum absolute atomic E-state index is 11.7. The highest BCUT2D eigenvalue weighted by molar-refractivity contribution is 5.85. The van der Waals surface area contributed by atoms with Crippen LogP contribution in [-0.2, 0) is 14.3 Å². The first-order valence-electron chi connectivity index (χ1n) is 5.80. The Labute approximate surface area is 92.3 Å². The summed E-state index contributed by atoms with van der Waals surface area (Å²) < 4.78 is 5.32. The van der Waals surface area contributed by atoms with Gasteiger partial charge >= 0.3 is 11.9 Å². The third-order valence-corrected chi connectivity index (χ3v) is 4.94. The summed E-state index contributed by atoms with van der Waals surface area (Å²) in [6.45, 7) is 0. The molecule has 7 atom stereocenters. The van der Waals surface area contributed by atoms with Crippen molar-refractivity contribution in [2.24, 2.45) is 35.5 Å². The van der Waals surface area contributed by atoms with Gasteiger partial charge in [0.25, 0.3) is 0 Å². The predicted octanol–water partition coefficient (Wildman–Crippen LogP) is 0.681. The number of carbonyl (C=O) groups is 2. The number of aliphatic carboxylic acids is 1. The van der Waals surface area contributed by atoms with Crippen molar-refractivity contribution in [1.82, 2.24) is 0 Å². The van der Waals surface area contributed by atoms with Gasteiger partial charge in [0.15, 0.2) is 0 Å². The van der Waals surface area contributed by atoms with Crippen molar-refractivity contribution >= 4 is 11.9 Å². The average molecular weight is 220 g/mol. The summed E-state index contributed by atoms with van der Waals surface area (Å²) in [7, 11) is 0. The Morgan fingerprint density at radius 3 is 2.94 bits per heavy atom. The Hall–Kier alpha value is -1.32. The fourth-order valence-electron chi connectivity index (χ4n) is 4.55. The smallest absolute Gasteiger partial charge is 0.310 e. The molecule has 0 aromatic rings. The molecular weight excluding hydrogens is 208 g/mol. The van der Waals surface area contributed by atoms with Crippen LogP contribution in [0.15, 0.2) is 12.2 Å². The zero-order valence-electron chi connectivity index (χ0n) is 8.58. The van der Waals surface area contributed by atoms with Gasteiger partial charge in [0.1, 0.15) is 6.10 Å². The van der Waals surface area contributed by atoms with Crippen LogP contribution in [0, 0.1) is 35.5 Å². The van der Waals surface area contributed by atoms with Crippen LogP contribution in [0.25, 0.3) is 0 Å². The first kappa shape index (κ1) is 8.79. The molecule has 0 bridgehead atoms. The van der Waals surface area contributed by atoms with Gasteiger partial charge in [-0.15, -0.1) is 0 Å². The minimum atomic E-state index is -0.840. The Kier molecular flexibility index (Phi) is 1.37. The van der Waals surface area contributed by atoms with Gasteiger partial charge in [0.2, 0.25) is 0 Å². The van der Waals surface area contributed by atoms with E-state index in [0.29, 0.717) is 11.8 Å². The standard InChI is InChI=1S/C12H12O4/c13-11(14)8-5-2-1-4-3-6-9(7(4)5)10(8)12(15)16-6/h1-2,4-10H,3H2,(H,13,14)/t4-,5-,6+,7+,8+,9+,10-/m1/s1. The number of hydrogen-bond donors (Lipinski definition) is 1. The first-order chi connectivity index (χ1) is 7.68. The highest BCUT2D eigenvalue weighted by Gasteiger charge is 2.68. The van der Waals surface area contributed by atoms with Crippen molar-refractivity contribution in [2.75, 3.05) is 0 Å². The van der Waals surface area contributed by atoms with Crippen LogP contribution < -0.4 is 0 Å². The molecule has 4 aliphatic rings. The number of ether oxygens (including phenoxy) is 1. The third kappa shape index (κ3) is 0.761. The molecule has 3 fully saturated rings. The SMILES string of the molecule is O=C1O[C@H]2C[C@H]3C=C[C@H]4[C@H](C(=O)O)[C@@H]1[C@@H]2[C@H]43. The second kappa shape index (κ2) is 2.50. The molecule has 3 aliphatic carbocycles. The molecule has 0 unspecified atom stereocenters. The van der Waals surface area contributed by atoms with Gasteiger partial charge in [-0.05, 0) is 24.2 Å². The zero-order valence-corrected chi connectivity index (χ0v) is 8.58. The van der Waals surface area contributed by atoms with Crippen LogP contribution in [0.1, 0.15) is 6.42 Å². The van der Waals surface area contributed by atoms with Crippen LogP contribution in [0.2, 0.25) is 0 Å². The number of esters is 1. The lowest BCUT2D eigenvalue weighted by molar-refractivity contribution is -0.153. The second-order valence-corrected chi connectivity index (χ2v) is 5.38. The fraction of sp³-hybridized carbons (Fsp3) is 0.667. The van der Waals surface area contributed by atoms with Gasteiger partial charge in [0, 0.05) is 5.92 Å². The van der Waals surface area contributed by atoms with Crippen LogP contribution in [0.5, 0.6) is 0 Å². The molecule has 1 saturated heterocycles. The lowest BCUT2D eigenvalue weighted by Gasteiger charge is -2.16. The van der Waals surface area contributed by atoms with Crippen LogP contribution in [0.4, 0.5) is 0 Å². The third-order valence-electron chi connectivity index (χ3n) is 4.94. The van der Waals surface area contributed by atoms with Crippen molar-refractivity contribution in [1.29, 1.82) is 0 Å². The molecule has 2 saturated carbocycles. The molecule has 84 valence electrons. The van der Waals surface area contributed by atoms with Crippen molar-refractivity contribution in [3.05, 3.63) is 12.2 Å². The molecule has 0 aromatic heterocycles. The maximum atomic E-state index is 11.7. The van der Waals surface area contributed by atoms with E-state index >= 15 is 0 Å². The highest BCUT2D eigenvalue weighted by Crippen LogP contribution is 2.63. The summed E-state index contributed by atoms with van der Waals surface area (Å²) in [6, 6.07) is 0. The van der Waals surface area contributed by atoms with Gasteiger partial charge in [0.05, 0.1) is 11.8 Å².